The van der Waals surface area contributed by atoms with Crippen LogP contribution in [0.25, 0.3) is 0 Å². The summed E-state index contributed by atoms with van der Waals surface area (Å²) >= 11 is 3.30. The van der Waals surface area contributed by atoms with Crippen LogP contribution in [0.5, 0.6) is 0 Å². The summed E-state index contributed by atoms with van der Waals surface area (Å²) in [6, 6.07) is 5.27. The van der Waals surface area contributed by atoms with Crippen molar-refractivity contribution in [2.45, 2.75) is 44.6 Å². The minimum atomic E-state index is -3.42. The van der Waals surface area contributed by atoms with Crippen molar-refractivity contribution in [1.29, 1.82) is 0 Å². The van der Waals surface area contributed by atoms with Gasteiger partial charge in [-0.2, -0.15) is 0 Å². The van der Waals surface area contributed by atoms with Gasteiger partial charge in [0, 0.05) is 10.5 Å². The first-order valence-corrected chi connectivity index (χ1v) is 7.96. The van der Waals surface area contributed by atoms with Crippen molar-refractivity contribution < 1.29 is 8.42 Å². The van der Waals surface area contributed by atoms with Gasteiger partial charge in [-0.1, -0.05) is 35.8 Å². The summed E-state index contributed by atoms with van der Waals surface area (Å²) in [7, 11) is -3.42. The molecule has 96 valence electrons. The van der Waals surface area contributed by atoms with Crippen LogP contribution >= 0.6 is 15.9 Å². The van der Waals surface area contributed by atoms with Crippen molar-refractivity contribution in [3.05, 3.63) is 28.2 Å². The Morgan fingerprint density at radius 3 is 2.41 bits per heavy atom. The van der Waals surface area contributed by atoms with Crippen LogP contribution in [0.1, 0.15) is 32.3 Å². The van der Waals surface area contributed by atoms with Gasteiger partial charge in [-0.05, 0) is 37.5 Å². The quantitative estimate of drug-likeness (QED) is 0.905. The molecule has 0 fully saturated rings. The monoisotopic (exact) mass is 319 g/mol. The molecule has 17 heavy (non-hydrogen) atoms. The van der Waals surface area contributed by atoms with Crippen LogP contribution in [0.2, 0.25) is 0 Å². The van der Waals surface area contributed by atoms with Gasteiger partial charge in [0.15, 0.2) is 0 Å². The first-order chi connectivity index (χ1) is 7.90. The molecule has 0 aliphatic rings. The molecule has 0 amide bonds. The van der Waals surface area contributed by atoms with Gasteiger partial charge in [0.05, 0.1) is 4.90 Å². The van der Waals surface area contributed by atoms with Gasteiger partial charge < -0.3 is 0 Å². The molecule has 1 aromatic carbocycles. The van der Waals surface area contributed by atoms with E-state index >= 15 is 0 Å². The van der Waals surface area contributed by atoms with Gasteiger partial charge in [-0.15, -0.1) is 0 Å². The normalized spacial score (nSPS) is 12.1. The van der Waals surface area contributed by atoms with E-state index in [0.29, 0.717) is 4.90 Å². The fraction of sp³-hybridized carbons (Fsp3) is 0.500. The minimum Gasteiger partial charge on any atom is -0.208 e. The molecule has 0 aliphatic carbocycles. The summed E-state index contributed by atoms with van der Waals surface area (Å²) in [6.45, 7) is 5.75. The molecule has 1 rings (SSSR count). The number of aryl methyl sites for hydroxylation is 1. The maximum Gasteiger partial charge on any atom is 0.241 e. The molecule has 0 saturated heterocycles. The van der Waals surface area contributed by atoms with Crippen molar-refractivity contribution in [2.75, 3.05) is 0 Å². The van der Waals surface area contributed by atoms with Crippen LogP contribution in [-0.2, 0) is 10.0 Å². The lowest BCUT2D eigenvalue weighted by atomic mass is 10.2. The highest BCUT2D eigenvalue weighted by Crippen LogP contribution is 2.21. The summed E-state index contributed by atoms with van der Waals surface area (Å²) in [5.41, 5.74) is 0.756. The molecule has 1 aromatic rings. The van der Waals surface area contributed by atoms with E-state index in [2.05, 4.69) is 20.7 Å². The predicted octanol–water partition coefficient (Wildman–Crippen LogP) is 3.22. The molecule has 0 spiro atoms. The van der Waals surface area contributed by atoms with Crippen molar-refractivity contribution in [1.82, 2.24) is 4.72 Å². The van der Waals surface area contributed by atoms with E-state index in [0.717, 1.165) is 22.9 Å². The minimum absolute atomic E-state index is 0.00150. The number of benzene rings is 1. The van der Waals surface area contributed by atoms with Crippen molar-refractivity contribution in [3.63, 3.8) is 0 Å². The van der Waals surface area contributed by atoms with Gasteiger partial charge in [0.1, 0.15) is 0 Å². The zero-order chi connectivity index (χ0) is 13.1. The van der Waals surface area contributed by atoms with E-state index in [1.165, 1.54) is 0 Å². The van der Waals surface area contributed by atoms with Crippen LogP contribution in [0.15, 0.2) is 27.6 Å². The predicted molar refractivity (Wildman–Crippen MR) is 73.6 cm³/mol. The molecular weight excluding hydrogens is 302 g/mol. The van der Waals surface area contributed by atoms with E-state index in [1.54, 1.807) is 19.1 Å². The number of hydrogen-bond acceptors (Lipinski definition) is 2. The Morgan fingerprint density at radius 2 is 1.88 bits per heavy atom. The molecular formula is C12H18BrNO2S. The molecule has 0 bridgehead atoms. The fourth-order valence-corrected chi connectivity index (χ4v) is 3.79. The highest BCUT2D eigenvalue weighted by molar-refractivity contribution is 9.10. The molecule has 0 unspecified atom stereocenters. The Balaban J connectivity index is 3.09. The molecule has 0 aliphatic heterocycles. The van der Waals surface area contributed by atoms with Crippen molar-refractivity contribution in [3.8, 4) is 0 Å². The average Bonchev–Trinajstić information content (AvgIpc) is 2.29. The fourth-order valence-electron chi connectivity index (χ4n) is 1.60. The molecule has 5 heteroatoms. The Bertz CT molecular complexity index is 481. The third-order valence-corrected chi connectivity index (χ3v) is 4.90. The second-order valence-electron chi connectivity index (χ2n) is 4.04. The molecule has 0 aromatic heterocycles. The highest BCUT2D eigenvalue weighted by Gasteiger charge is 2.20. The number of nitrogens with one attached hydrogen (secondary N) is 1. The van der Waals surface area contributed by atoms with Crippen LogP contribution in [0.3, 0.4) is 0 Å². The van der Waals surface area contributed by atoms with E-state index < -0.39 is 10.0 Å². The third-order valence-electron chi connectivity index (χ3n) is 2.75. The van der Waals surface area contributed by atoms with Gasteiger partial charge >= 0.3 is 0 Å². The lowest BCUT2D eigenvalue weighted by Crippen LogP contribution is -2.34. The maximum absolute atomic E-state index is 12.2. The maximum atomic E-state index is 12.2. The standard InChI is InChI=1S/C12H18BrNO2S/c1-4-11(5-2)14-17(15,16)12-8-10(13)7-6-9(12)3/h6-8,11,14H,4-5H2,1-3H3. The smallest absolute Gasteiger partial charge is 0.208 e. The summed E-state index contributed by atoms with van der Waals surface area (Å²) in [4.78, 5) is 0.346. The zero-order valence-electron chi connectivity index (χ0n) is 10.3. The van der Waals surface area contributed by atoms with E-state index in [-0.39, 0.29) is 6.04 Å². The Kier molecular flexibility index (Phi) is 5.16. The number of hydrogen-bond donors (Lipinski definition) is 1. The summed E-state index contributed by atoms with van der Waals surface area (Å²) in [5.74, 6) is 0. The van der Waals surface area contributed by atoms with E-state index in [9.17, 15) is 8.42 Å². The lowest BCUT2D eigenvalue weighted by molar-refractivity contribution is 0.530. The van der Waals surface area contributed by atoms with Crippen LogP contribution < -0.4 is 4.72 Å². The second-order valence-corrected chi connectivity index (χ2v) is 6.64. The Morgan fingerprint density at radius 1 is 1.29 bits per heavy atom. The number of rotatable bonds is 5. The van der Waals surface area contributed by atoms with Crippen molar-refractivity contribution in [2.24, 2.45) is 0 Å². The number of halogens is 1. The van der Waals surface area contributed by atoms with Crippen LogP contribution in [0, 0.1) is 6.92 Å². The summed E-state index contributed by atoms with van der Waals surface area (Å²) in [6.07, 6.45) is 1.59. The molecule has 1 N–H and O–H groups in total. The average molecular weight is 320 g/mol. The van der Waals surface area contributed by atoms with Gasteiger partial charge in [-0.3, -0.25) is 0 Å². The highest BCUT2D eigenvalue weighted by atomic mass is 79.9. The van der Waals surface area contributed by atoms with Gasteiger partial charge in [-0.25, -0.2) is 13.1 Å². The van der Waals surface area contributed by atoms with Gasteiger partial charge in [0.25, 0.3) is 0 Å². The first-order valence-electron chi connectivity index (χ1n) is 5.69. The zero-order valence-corrected chi connectivity index (χ0v) is 12.7. The topological polar surface area (TPSA) is 46.2 Å². The SMILES string of the molecule is CCC(CC)NS(=O)(=O)c1cc(Br)ccc1C. The second kappa shape index (κ2) is 5.98. The molecule has 3 nitrogen and oxygen atoms in total. The molecule has 0 atom stereocenters. The Hall–Kier alpha value is -0.390. The van der Waals surface area contributed by atoms with Gasteiger partial charge in [0.2, 0.25) is 10.0 Å². The van der Waals surface area contributed by atoms with E-state index in [4.69, 9.17) is 0 Å². The van der Waals surface area contributed by atoms with Crippen molar-refractivity contribution >= 4 is 26.0 Å². The first kappa shape index (κ1) is 14.7. The number of sulfonamides is 1. The largest absolute Gasteiger partial charge is 0.241 e. The molecule has 0 heterocycles. The summed E-state index contributed by atoms with van der Waals surface area (Å²) < 4.78 is 27.9. The molecule has 0 radical (unpaired) electrons. The lowest BCUT2D eigenvalue weighted by Gasteiger charge is -2.16. The third kappa shape index (κ3) is 3.79. The summed E-state index contributed by atoms with van der Waals surface area (Å²) in [5, 5.41) is 0. The van der Waals surface area contributed by atoms with Crippen LogP contribution in [-0.4, -0.2) is 14.5 Å². The van der Waals surface area contributed by atoms with Crippen LogP contribution in [0.4, 0.5) is 0 Å². The Labute approximate surface area is 112 Å². The van der Waals surface area contributed by atoms with E-state index in [1.807, 2.05) is 19.9 Å². The molecule has 0 saturated carbocycles.